The third-order valence-corrected chi connectivity index (χ3v) is 4.56. The van der Waals surface area contributed by atoms with Gasteiger partial charge in [0.25, 0.3) is 5.91 Å². The molecule has 0 radical (unpaired) electrons. The summed E-state index contributed by atoms with van der Waals surface area (Å²) in [5, 5.41) is 30.7. The summed E-state index contributed by atoms with van der Waals surface area (Å²) in [4.78, 5) is 12.5. The number of rotatable bonds is 4. The Hall–Kier alpha value is -3.93. The highest BCUT2D eigenvalue weighted by Crippen LogP contribution is 2.39. The predicted octanol–water partition coefficient (Wildman–Crippen LogP) is 5.32. The van der Waals surface area contributed by atoms with Crippen molar-refractivity contribution in [3.63, 3.8) is 0 Å². The molecular weight excluding hydrogens is 354 g/mol. The van der Waals surface area contributed by atoms with E-state index in [-0.39, 0.29) is 22.9 Å². The number of para-hydroxylation sites is 1. The summed E-state index contributed by atoms with van der Waals surface area (Å²) in [6.07, 6.45) is 1.66. The van der Waals surface area contributed by atoms with Gasteiger partial charge in [-0.05, 0) is 29.0 Å². The fourth-order valence-electron chi connectivity index (χ4n) is 3.23. The van der Waals surface area contributed by atoms with E-state index in [9.17, 15) is 15.0 Å². The maximum Gasteiger partial charge on any atom is 0.299 e. The lowest BCUT2D eigenvalue weighted by molar-refractivity contribution is 0.0992. The predicted molar refractivity (Wildman–Crippen MR) is 108 cm³/mol. The molecule has 2 N–H and O–H groups in total. The van der Waals surface area contributed by atoms with Crippen LogP contribution >= 0.6 is 0 Å². The highest BCUT2D eigenvalue weighted by molar-refractivity contribution is 6.02. The van der Waals surface area contributed by atoms with Gasteiger partial charge in [-0.1, -0.05) is 48.5 Å². The van der Waals surface area contributed by atoms with Gasteiger partial charge in [0.1, 0.15) is 5.75 Å². The zero-order chi connectivity index (χ0) is 19.7. The van der Waals surface area contributed by atoms with Gasteiger partial charge in [-0.15, -0.1) is 16.8 Å². The fourth-order valence-corrected chi connectivity index (χ4v) is 3.23. The highest BCUT2D eigenvalue weighted by atomic mass is 16.3. The number of aromatic nitrogens is 1. The topological polar surface area (TPSA) is 87.2 Å². The van der Waals surface area contributed by atoms with Gasteiger partial charge in [0, 0.05) is 11.9 Å². The minimum atomic E-state index is -0.691. The van der Waals surface area contributed by atoms with E-state index in [1.54, 1.807) is 22.8 Å². The van der Waals surface area contributed by atoms with E-state index in [1.807, 2.05) is 42.5 Å². The molecule has 3 aromatic carbocycles. The molecule has 0 spiro atoms. The van der Waals surface area contributed by atoms with Gasteiger partial charge in [-0.3, -0.25) is 4.79 Å². The third-order valence-electron chi connectivity index (χ3n) is 4.56. The zero-order valence-corrected chi connectivity index (χ0v) is 14.9. The number of nitrogens with zero attached hydrogens (tertiary/aromatic N) is 3. The normalized spacial score (nSPS) is 11.4. The Kier molecular flexibility index (Phi) is 4.37. The molecule has 4 aromatic rings. The highest BCUT2D eigenvalue weighted by Gasteiger charge is 2.17. The van der Waals surface area contributed by atoms with Crippen LogP contribution in [0.3, 0.4) is 0 Å². The third kappa shape index (κ3) is 2.91. The molecule has 0 aliphatic rings. The van der Waals surface area contributed by atoms with Crippen LogP contribution in [0.25, 0.3) is 21.7 Å². The average molecular weight is 371 g/mol. The summed E-state index contributed by atoms with van der Waals surface area (Å²) in [5.74, 6) is -0.954. The fraction of sp³-hybridized carbons (Fsp3) is 0.0455. The lowest BCUT2D eigenvalue weighted by atomic mass is 10.1. The molecule has 0 atom stereocenters. The summed E-state index contributed by atoms with van der Waals surface area (Å²) in [7, 11) is 0. The van der Waals surface area contributed by atoms with Gasteiger partial charge < -0.3 is 14.8 Å². The van der Waals surface area contributed by atoms with Crippen LogP contribution in [0.4, 0.5) is 5.69 Å². The molecule has 138 valence electrons. The number of benzene rings is 3. The van der Waals surface area contributed by atoms with Crippen molar-refractivity contribution < 1.29 is 15.0 Å². The van der Waals surface area contributed by atoms with Gasteiger partial charge in [0.2, 0.25) is 5.88 Å². The van der Waals surface area contributed by atoms with Crippen LogP contribution in [-0.2, 0) is 6.54 Å². The van der Waals surface area contributed by atoms with Gasteiger partial charge in [-0.2, -0.15) is 0 Å². The maximum atomic E-state index is 12.5. The molecule has 6 nitrogen and oxygen atoms in total. The smallest absolute Gasteiger partial charge is 0.299 e. The number of carbonyl (C=O) groups excluding carboxylic acids is 1. The number of fused-ring (bicyclic) bond motifs is 2. The first-order valence-corrected chi connectivity index (χ1v) is 8.69. The van der Waals surface area contributed by atoms with E-state index < -0.39 is 5.91 Å². The molecular formula is C22H17N3O3. The minimum absolute atomic E-state index is 0.0526. The Morgan fingerprint density at radius 2 is 1.71 bits per heavy atom. The van der Waals surface area contributed by atoms with Crippen molar-refractivity contribution in [2.24, 2.45) is 10.2 Å². The largest absolute Gasteiger partial charge is 0.507 e. The van der Waals surface area contributed by atoms with E-state index in [0.717, 1.165) is 16.3 Å². The zero-order valence-electron chi connectivity index (χ0n) is 14.9. The second kappa shape index (κ2) is 7.00. The minimum Gasteiger partial charge on any atom is -0.507 e. The summed E-state index contributed by atoms with van der Waals surface area (Å²) in [6, 6.07) is 17.8. The number of amides is 1. The summed E-state index contributed by atoms with van der Waals surface area (Å²) in [5.41, 5.74) is 1.01. The average Bonchev–Trinajstić information content (AvgIpc) is 2.97. The molecule has 6 heteroatoms. The van der Waals surface area contributed by atoms with Crippen molar-refractivity contribution in [3.8, 4) is 11.6 Å². The molecule has 0 saturated carbocycles. The molecule has 0 unspecified atom stereocenters. The maximum absolute atomic E-state index is 12.5. The second-order valence-corrected chi connectivity index (χ2v) is 6.31. The number of phenols is 1. The Morgan fingerprint density at radius 1 is 1.04 bits per heavy atom. The van der Waals surface area contributed by atoms with Crippen LogP contribution in [0, 0.1) is 0 Å². The standard InChI is InChI=1S/C22H17N3O3/c1-2-11-25-18-10-6-5-9-16(18)20(22(25)28)23-24-21(27)17-12-14-7-3-4-8-15(14)13-19(17)26/h2-10,12-13,26,28H,1,11H2. The molecule has 1 amide bonds. The van der Waals surface area contributed by atoms with E-state index >= 15 is 0 Å². The molecule has 4 rings (SSSR count). The van der Waals surface area contributed by atoms with Crippen molar-refractivity contribution >= 4 is 33.3 Å². The van der Waals surface area contributed by atoms with E-state index in [1.165, 1.54) is 6.07 Å². The van der Waals surface area contributed by atoms with Crippen LogP contribution in [0.2, 0.25) is 0 Å². The Balaban J connectivity index is 1.76. The summed E-state index contributed by atoms with van der Waals surface area (Å²) in [6.45, 7) is 4.08. The van der Waals surface area contributed by atoms with E-state index in [4.69, 9.17) is 0 Å². The van der Waals surface area contributed by atoms with Crippen molar-refractivity contribution in [2.45, 2.75) is 6.54 Å². The number of carbonyl (C=O) groups is 1. The SMILES string of the molecule is C=CCn1c(O)c(N=NC(=O)c2cc3ccccc3cc2O)c2ccccc21. The Labute approximate surface area is 160 Å². The van der Waals surface area contributed by atoms with Crippen LogP contribution in [0.1, 0.15) is 10.4 Å². The number of phenolic OH excluding ortho intramolecular Hbond substituents is 1. The van der Waals surface area contributed by atoms with Crippen LogP contribution in [-0.4, -0.2) is 20.7 Å². The lowest BCUT2D eigenvalue weighted by Crippen LogP contribution is -1.95. The summed E-state index contributed by atoms with van der Waals surface area (Å²) >= 11 is 0. The van der Waals surface area contributed by atoms with Crippen LogP contribution in [0.15, 0.2) is 83.5 Å². The van der Waals surface area contributed by atoms with Gasteiger partial charge in [-0.25, -0.2) is 0 Å². The monoisotopic (exact) mass is 371 g/mol. The van der Waals surface area contributed by atoms with Crippen molar-refractivity contribution in [2.75, 3.05) is 0 Å². The van der Waals surface area contributed by atoms with Gasteiger partial charge in [0.05, 0.1) is 11.1 Å². The number of allylic oxidation sites excluding steroid dienone is 1. The Morgan fingerprint density at radius 3 is 2.46 bits per heavy atom. The molecule has 0 fully saturated rings. The molecule has 0 aliphatic carbocycles. The van der Waals surface area contributed by atoms with Crippen LogP contribution in [0.5, 0.6) is 11.6 Å². The molecule has 0 saturated heterocycles. The second-order valence-electron chi connectivity index (χ2n) is 6.31. The van der Waals surface area contributed by atoms with Crippen molar-refractivity contribution in [3.05, 3.63) is 78.9 Å². The first-order chi connectivity index (χ1) is 13.6. The first-order valence-electron chi connectivity index (χ1n) is 8.69. The van der Waals surface area contributed by atoms with Gasteiger partial charge in [0.15, 0.2) is 5.69 Å². The molecule has 1 heterocycles. The van der Waals surface area contributed by atoms with E-state index in [2.05, 4.69) is 16.8 Å². The quantitative estimate of drug-likeness (QED) is 0.376. The van der Waals surface area contributed by atoms with E-state index in [0.29, 0.717) is 11.9 Å². The first kappa shape index (κ1) is 17.5. The van der Waals surface area contributed by atoms with Crippen molar-refractivity contribution in [1.82, 2.24) is 4.57 Å². The molecule has 0 aliphatic heterocycles. The molecule has 1 aromatic heterocycles. The summed E-state index contributed by atoms with van der Waals surface area (Å²) < 4.78 is 1.63. The van der Waals surface area contributed by atoms with Crippen molar-refractivity contribution in [1.29, 1.82) is 0 Å². The molecule has 0 bridgehead atoms. The van der Waals surface area contributed by atoms with Crippen LogP contribution < -0.4 is 0 Å². The number of azo groups is 1. The van der Waals surface area contributed by atoms with Gasteiger partial charge >= 0.3 is 0 Å². The Bertz CT molecular complexity index is 1250. The number of aromatic hydroxyl groups is 2. The lowest BCUT2D eigenvalue weighted by Gasteiger charge is -2.03. The number of hydrogen-bond acceptors (Lipinski definition) is 4. The number of hydrogen-bond donors (Lipinski definition) is 2. The molecule has 28 heavy (non-hydrogen) atoms.